The molecule has 0 aliphatic carbocycles. The van der Waals surface area contributed by atoms with E-state index in [1.807, 2.05) is 39.6 Å². The summed E-state index contributed by atoms with van der Waals surface area (Å²) in [7, 11) is 3.19. The minimum absolute atomic E-state index is 0.102. The van der Waals surface area contributed by atoms with Crippen molar-refractivity contribution < 1.29 is 19.3 Å². The highest BCUT2D eigenvalue weighted by Gasteiger charge is 2.32. The molecule has 1 unspecified atom stereocenters. The molecule has 0 saturated heterocycles. The quantitative estimate of drug-likeness (QED) is 0.385. The third-order valence-electron chi connectivity index (χ3n) is 6.01. The van der Waals surface area contributed by atoms with E-state index in [-0.39, 0.29) is 11.7 Å². The van der Waals surface area contributed by atoms with Gasteiger partial charge in [0.1, 0.15) is 23.3 Å². The predicted molar refractivity (Wildman–Crippen MR) is 124 cm³/mol. The van der Waals surface area contributed by atoms with E-state index >= 15 is 0 Å². The molecular formula is C25H25N5O4. The number of aromatic nitrogens is 4. The Morgan fingerprint density at radius 3 is 2.68 bits per heavy atom. The third kappa shape index (κ3) is 3.85. The van der Waals surface area contributed by atoms with Gasteiger partial charge in [-0.05, 0) is 30.2 Å². The summed E-state index contributed by atoms with van der Waals surface area (Å²) in [5.41, 5.74) is 2.73. The van der Waals surface area contributed by atoms with E-state index in [1.54, 1.807) is 45.2 Å². The number of hydrogen-bond acceptors (Lipinski definition) is 7. The van der Waals surface area contributed by atoms with Gasteiger partial charge < -0.3 is 28.5 Å². The predicted octanol–water partition coefficient (Wildman–Crippen LogP) is 3.66. The van der Waals surface area contributed by atoms with E-state index in [2.05, 4.69) is 9.97 Å². The number of methoxy groups -OCH3 is 2. The molecule has 4 aromatic rings. The number of aryl methyl sites for hydroxylation is 2. The van der Waals surface area contributed by atoms with Gasteiger partial charge in [0.25, 0.3) is 0 Å². The maximum Gasteiger partial charge on any atom is 0.228 e. The number of ether oxygens (including phenoxy) is 3. The molecule has 0 bridgehead atoms. The topological polar surface area (TPSA) is 107 Å². The Labute approximate surface area is 196 Å². The number of rotatable bonds is 7. The molecule has 34 heavy (non-hydrogen) atoms. The van der Waals surface area contributed by atoms with Crippen LogP contribution < -0.4 is 19.7 Å². The Morgan fingerprint density at radius 1 is 1.06 bits per heavy atom. The SMILES string of the molecule is COc1ccc(C2c3ccc(O)cc3Oc3ncn(CCCn4ccnc4)c(=N)c32)cc1OC. The van der Waals surface area contributed by atoms with E-state index in [0.717, 1.165) is 24.1 Å². The van der Waals surface area contributed by atoms with Gasteiger partial charge in [-0.2, -0.15) is 0 Å². The summed E-state index contributed by atoms with van der Waals surface area (Å²) in [5, 5.41) is 19.1. The Hall–Kier alpha value is -4.27. The van der Waals surface area contributed by atoms with Crippen LogP contribution in [0.15, 0.2) is 61.4 Å². The number of hydrogen-bond donors (Lipinski definition) is 2. The first kappa shape index (κ1) is 21.6. The number of nitrogens with one attached hydrogen (secondary N) is 1. The van der Waals surface area contributed by atoms with E-state index in [9.17, 15) is 5.11 Å². The van der Waals surface area contributed by atoms with Gasteiger partial charge in [0.15, 0.2) is 11.5 Å². The van der Waals surface area contributed by atoms with Crippen LogP contribution in [-0.2, 0) is 13.1 Å². The van der Waals surface area contributed by atoms with Crippen molar-refractivity contribution >= 4 is 0 Å². The zero-order valence-corrected chi connectivity index (χ0v) is 18.9. The maximum absolute atomic E-state index is 10.0. The second-order valence-corrected chi connectivity index (χ2v) is 8.03. The van der Waals surface area contributed by atoms with Gasteiger partial charge in [-0.25, -0.2) is 9.97 Å². The van der Waals surface area contributed by atoms with Gasteiger partial charge in [0.2, 0.25) is 5.88 Å². The van der Waals surface area contributed by atoms with Crippen molar-refractivity contribution in [1.82, 2.24) is 19.1 Å². The number of fused-ring (bicyclic) bond motifs is 2. The van der Waals surface area contributed by atoms with Crippen LogP contribution in [0.25, 0.3) is 0 Å². The first-order valence-corrected chi connectivity index (χ1v) is 10.9. The lowest BCUT2D eigenvalue weighted by Gasteiger charge is -2.29. The highest BCUT2D eigenvalue weighted by molar-refractivity contribution is 5.58. The van der Waals surface area contributed by atoms with Crippen molar-refractivity contribution in [2.75, 3.05) is 14.2 Å². The summed E-state index contributed by atoms with van der Waals surface area (Å²) in [4.78, 5) is 8.61. The maximum atomic E-state index is 10.0. The number of phenolic OH excluding ortho intramolecular Hbond substituents is 1. The molecule has 0 fully saturated rings. The summed E-state index contributed by atoms with van der Waals surface area (Å²) >= 11 is 0. The molecule has 9 nitrogen and oxygen atoms in total. The average Bonchev–Trinajstić information content (AvgIpc) is 3.37. The first-order chi connectivity index (χ1) is 16.6. The van der Waals surface area contributed by atoms with E-state index in [0.29, 0.717) is 40.7 Å². The van der Waals surface area contributed by atoms with Gasteiger partial charge in [-0.1, -0.05) is 12.1 Å². The van der Waals surface area contributed by atoms with Gasteiger partial charge in [0.05, 0.1) is 26.1 Å². The summed E-state index contributed by atoms with van der Waals surface area (Å²) < 4.78 is 20.8. The molecule has 1 aliphatic rings. The molecule has 3 heterocycles. The second-order valence-electron chi connectivity index (χ2n) is 8.03. The lowest BCUT2D eigenvalue weighted by atomic mass is 9.83. The number of benzene rings is 2. The van der Waals surface area contributed by atoms with Crippen LogP contribution in [0, 0.1) is 5.41 Å². The van der Waals surface area contributed by atoms with E-state index in [4.69, 9.17) is 19.6 Å². The number of imidazole rings is 1. The molecule has 0 amide bonds. The molecule has 9 heteroatoms. The minimum Gasteiger partial charge on any atom is -0.508 e. The largest absolute Gasteiger partial charge is 0.508 e. The summed E-state index contributed by atoms with van der Waals surface area (Å²) in [5.74, 6) is 1.85. The highest BCUT2D eigenvalue weighted by atomic mass is 16.5. The molecule has 0 radical (unpaired) electrons. The molecule has 1 aliphatic heterocycles. The van der Waals surface area contributed by atoms with Crippen molar-refractivity contribution in [1.29, 1.82) is 5.41 Å². The molecule has 2 aromatic carbocycles. The summed E-state index contributed by atoms with van der Waals surface area (Å²) in [6.45, 7) is 1.42. The molecule has 0 saturated carbocycles. The second kappa shape index (κ2) is 8.93. The highest BCUT2D eigenvalue weighted by Crippen LogP contribution is 2.47. The fourth-order valence-electron chi connectivity index (χ4n) is 4.35. The standard InChI is InChI=1S/C25H25N5O4/c1-32-19-7-4-16(12-21(19)33-2)22-18-6-5-17(31)13-20(18)34-25-23(22)24(26)30(15-28-25)10-3-9-29-11-8-27-14-29/h4-8,11-15,22,26,31H,3,9-10H2,1-2H3. The molecule has 0 spiro atoms. The van der Waals surface area contributed by atoms with Crippen molar-refractivity contribution in [3.63, 3.8) is 0 Å². The van der Waals surface area contributed by atoms with Crippen molar-refractivity contribution in [3.8, 4) is 28.9 Å². The zero-order chi connectivity index (χ0) is 23.7. The summed E-state index contributed by atoms with van der Waals surface area (Å²) in [6, 6.07) is 10.7. The monoisotopic (exact) mass is 459 g/mol. The van der Waals surface area contributed by atoms with Crippen LogP contribution in [0.1, 0.15) is 29.0 Å². The van der Waals surface area contributed by atoms with Gasteiger partial charge in [-0.15, -0.1) is 0 Å². The Morgan fingerprint density at radius 2 is 1.91 bits per heavy atom. The van der Waals surface area contributed by atoms with Gasteiger partial charge in [0, 0.05) is 43.0 Å². The zero-order valence-electron chi connectivity index (χ0n) is 18.9. The molecule has 2 aromatic heterocycles. The number of nitrogens with zero attached hydrogens (tertiary/aromatic N) is 4. The van der Waals surface area contributed by atoms with Crippen LogP contribution in [0.5, 0.6) is 28.9 Å². The van der Waals surface area contributed by atoms with Crippen LogP contribution in [0.3, 0.4) is 0 Å². The number of phenols is 1. The smallest absolute Gasteiger partial charge is 0.228 e. The third-order valence-corrected chi connectivity index (χ3v) is 6.01. The average molecular weight is 460 g/mol. The fraction of sp³-hybridized carbons (Fsp3) is 0.240. The van der Waals surface area contributed by atoms with Crippen LogP contribution >= 0.6 is 0 Å². The van der Waals surface area contributed by atoms with Crippen molar-refractivity contribution in [2.24, 2.45) is 0 Å². The Bertz CT molecular complexity index is 1380. The van der Waals surface area contributed by atoms with Gasteiger partial charge >= 0.3 is 0 Å². The van der Waals surface area contributed by atoms with Crippen LogP contribution in [0.4, 0.5) is 0 Å². The van der Waals surface area contributed by atoms with Crippen molar-refractivity contribution in [2.45, 2.75) is 25.4 Å². The van der Waals surface area contributed by atoms with Crippen LogP contribution in [-0.4, -0.2) is 38.4 Å². The molecule has 1 atom stereocenters. The van der Waals surface area contributed by atoms with Gasteiger partial charge in [-0.3, -0.25) is 5.41 Å². The lowest BCUT2D eigenvalue weighted by molar-refractivity contribution is 0.354. The molecular weight excluding hydrogens is 434 g/mol. The first-order valence-electron chi connectivity index (χ1n) is 10.9. The fourth-order valence-corrected chi connectivity index (χ4v) is 4.35. The number of aromatic hydroxyl groups is 1. The molecule has 174 valence electrons. The van der Waals surface area contributed by atoms with E-state index in [1.165, 1.54) is 0 Å². The normalized spacial score (nSPS) is 14.1. The Balaban J connectivity index is 1.59. The van der Waals surface area contributed by atoms with E-state index < -0.39 is 0 Å². The summed E-state index contributed by atoms with van der Waals surface area (Å²) in [6.07, 6.45) is 7.91. The molecule has 5 rings (SSSR count). The van der Waals surface area contributed by atoms with Crippen LogP contribution in [0.2, 0.25) is 0 Å². The molecule has 2 N–H and O–H groups in total. The van der Waals surface area contributed by atoms with Crippen molar-refractivity contribution in [3.05, 3.63) is 83.6 Å². The lowest BCUT2D eigenvalue weighted by Crippen LogP contribution is -2.30. The Kier molecular flexibility index (Phi) is 5.67. The minimum atomic E-state index is -0.333.